The van der Waals surface area contributed by atoms with Crippen molar-refractivity contribution in [1.29, 1.82) is 0 Å². The Morgan fingerprint density at radius 2 is 1.70 bits per heavy atom. The topological polar surface area (TPSA) is 17.1 Å². The van der Waals surface area contributed by atoms with E-state index < -0.39 is 25.2 Å². The summed E-state index contributed by atoms with van der Waals surface area (Å²) in [6, 6.07) is 8.62. The highest BCUT2D eigenvalue weighted by molar-refractivity contribution is 8.14. The first-order valence-corrected chi connectivity index (χ1v) is 7.27. The summed E-state index contributed by atoms with van der Waals surface area (Å²) in [5.74, 6) is 0.343. The van der Waals surface area contributed by atoms with E-state index in [9.17, 15) is 22.4 Å². The van der Waals surface area contributed by atoms with Gasteiger partial charge in [-0.15, -0.1) is 0 Å². The molecule has 0 N–H and O–H groups in total. The Hall–Kier alpha value is -1.04. The van der Waals surface area contributed by atoms with E-state index in [-0.39, 0.29) is 18.0 Å². The van der Waals surface area contributed by atoms with Crippen molar-refractivity contribution >= 4 is 16.9 Å². The molecule has 1 rings (SSSR count). The van der Waals surface area contributed by atoms with E-state index in [4.69, 9.17) is 0 Å². The number of thioether (sulfide) groups is 1. The Balaban J connectivity index is 2.20. The minimum atomic E-state index is -2.84. The van der Waals surface area contributed by atoms with Gasteiger partial charge >= 0.3 is 0 Å². The van der Waals surface area contributed by atoms with E-state index in [1.165, 1.54) is 0 Å². The van der Waals surface area contributed by atoms with Crippen LogP contribution in [0.3, 0.4) is 0 Å². The first-order chi connectivity index (χ1) is 9.50. The molecule has 6 heteroatoms. The second kappa shape index (κ2) is 9.00. The maximum absolute atomic E-state index is 13.2. The molecule has 0 aromatic heterocycles. The molecular formula is C14H16F4OS. The maximum Gasteiger partial charge on any atom is 0.241 e. The highest BCUT2D eigenvalue weighted by atomic mass is 32.2. The zero-order chi connectivity index (χ0) is 15.0. The average Bonchev–Trinajstić information content (AvgIpc) is 2.43. The molecule has 2 atom stereocenters. The van der Waals surface area contributed by atoms with Crippen molar-refractivity contribution < 1.29 is 22.4 Å². The van der Waals surface area contributed by atoms with E-state index >= 15 is 0 Å². The van der Waals surface area contributed by atoms with E-state index in [0.29, 0.717) is 11.3 Å². The molecule has 2 unspecified atom stereocenters. The smallest absolute Gasteiger partial charge is 0.241 e. The number of halogens is 4. The van der Waals surface area contributed by atoms with Gasteiger partial charge in [-0.3, -0.25) is 4.79 Å². The summed E-state index contributed by atoms with van der Waals surface area (Å²) >= 11 is 1.02. The average molecular weight is 308 g/mol. The van der Waals surface area contributed by atoms with Crippen molar-refractivity contribution in [3.05, 3.63) is 35.9 Å². The lowest BCUT2D eigenvalue weighted by Crippen LogP contribution is -2.20. The lowest BCUT2D eigenvalue weighted by molar-refractivity contribution is 0.0616. The maximum atomic E-state index is 13.2. The monoisotopic (exact) mass is 308 g/mol. The fourth-order valence-electron chi connectivity index (χ4n) is 1.60. The molecule has 0 aliphatic heterocycles. The van der Waals surface area contributed by atoms with Crippen LogP contribution in [0.15, 0.2) is 30.3 Å². The molecule has 20 heavy (non-hydrogen) atoms. The van der Waals surface area contributed by atoms with Gasteiger partial charge in [-0.1, -0.05) is 42.1 Å². The van der Waals surface area contributed by atoms with Crippen molar-refractivity contribution in [3.63, 3.8) is 0 Å². The second-order valence-corrected chi connectivity index (χ2v) is 5.37. The highest BCUT2D eigenvalue weighted by Crippen LogP contribution is 2.20. The fourth-order valence-corrected chi connectivity index (χ4v) is 2.40. The van der Waals surface area contributed by atoms with Crippen LogP contribution in [0.1, 0.15) is 29.6 Å². The SMILES string of the molecule is O=C(SCCCC(F)C(F)CC(F)F)c1ccccc1. The van der Waals surface area contributed by atoms with Gasteiger partial charge in [-0.25, -0.2) is 17.6 Å². The van der Waals surface area contributed by atoms with Crippen LogP contribution < -0.4 is 0 Å². The molecule has 0 fully saturated rings. The first kappa shape index (κ1) is 17.0. The Labute approximate surface area is 119 Å². The predicted octanol–water partition coefficient (Wildman–Crippen LogP) is 4.67. The van der Waals surface area contributed by atoms with Gasteiger partial charge in [0.1, 0.15) is 12.3 Å². The van der Waals surface area contributed by atoms with Crippen LogP contribution in [0.25, 0.3) is 0 Å². The predicted molar refractivity (Wildman–Crippen MR) is 72.9 cm³/mol. The van der Waals surface area contributed by atoms with Crippen LogP contribution in [0.2, 0.25) is 0 Å². The number of carbonyl (C=O) groups is 1. The third kappa shape index (κ3) is 6.41. The summed E-state index contributed by atoms with van der Waals surface area (Å²) in [6.45, 7) is 0. The first-order valence-electron chi connectivity index (χ1n) is 6.29. The molecule has 0 bridgehead atoms. The number of carbonyl (C=O) groups excluding carboxylic acids is 1. The van der Waals surface area contributed by atoms with Gasteiger partial charge in [0.05, 0.1) is 0 Å². The van der Waals surface area contributed by atoms with Gasteiger partial charge < -0.3 is 0 Å². The van der Waals surface area contributed by atoms with Gasteiger partial charge in [-0.05, 0) is 12.8 Å². The molecule has 0 spiro atoms. The molecule has 0 radical (unpaired) electrons. The molecule has 1 aromatic rings. The van der Waals surface area contributed by atoms with Gasteiger partial charge in [0.15, 0.2) is 0 Å². The summed E-state index contributed by atoms with van der Waals surface area (Å²) in [5.41, 5.74) is 0.551. The summed E-state index contributed by atoms with van der Waals surface area (Å²) in [7, 11) is 0. The number of hydrogen-bond acceptors (Lipinski definition) is 2. The summed E-state index contributed by atoms with van der Waals surface area (Å²) in [5, 5.41) is -0.134. The second-order valence-electron chi connectivity index (χ2n) is 4.30. The van der Waals surface area contributed by atoms with Crippen LogP contribution in [0, 0.1) is 0 Å². The quantitative estimate of drug-likeness (QED) is 0.513. The lowest BCUT2D eigenvalue weighted by atomic mass is 10.1. The minimum Gasteiger partial charge on any atom is -0.282 e. The number of benzene rings is 1. The van der Waals surface area contributed by atoms with Crippen molar-refractivity contribution in [2.75, 3.05) is 5.75 Å². The Kier molecular flexibility index (Phi) is 7.65. The molecule has 0 saturated carbocycles. The Morgan fingerprint density at radius 3 is 2.30 bits per heavy atom. The molecule has 1 nitrogen and oxygen atoms in total. The number of hydrogen-bond donors (Lipinski definition) is 0. The van der Waals surface area contributed by atoms with E-state index in [2.05, 4.69) is 0 Å². The van der Waals surface area contributed by atoms with Crippen molar-refractivity contribution in [1.82, 2.24) is 0 Å². The van der Waals surface area contributed by atoms with E-state index in [1.807, 2.05) is 0 Å². The molecule has 0 aliphatic rings. The van der Waals surface area contributed by atoms with Crippen LogP contribution in [0.4, 0.5) is 17.6 Å². The molecule has 112 valence electrons. The third-order valence-electron chi connectivity index (χ3n) is 2.66. The minimum absolute atomic E-state index is 0.134. The summed E-state index contributed by atoms with van der Waals surface area (Å²) in [4.78, 5) is 11.7. The lowest BCUT2D eigenvalue weighted by Gasteiger charge is -2.12. The molecule has 0 amide bonds. The van der Waals surface area contributed by atoms with Crippen molar-refractivity contribution in [3.8, 4) is 0 Å². The Bertz CT molecular complexity index is 399. The fraction of sp³-hybridized carbons (Fsp3) is 0.500. The molecule has 0 aliphatic carbocycles. The highest BCUT2D eigenvalue weighted by Gasteiger charge is 2.23. The van der Waals surface area contributed by atoms with Crippen molar-refractivity contribution in [2.45, 2.75) is 38.0 Å². The van der Waals surface area contributed by atoms with E-state index in [0.717, 1.165) is 11.8 Å². The normalized spacial score (nSPS) is 14.2. The zero-order valence-corrected chi connectivity index (χ0v) is 11.6. The number of alkyl halides is 4. The van der Waals surface area contributed by atoms with Gasteiger partial charge in [0.2, 0.25) is 11.5 Å². The molecule has 0 heterocycles. The van der Waals surface area contributed by atoms with Crippen LogP contribution in [0.5, 0.6) is 0 Å². The molecule has 1 aromatic carbocycles. The van der Waals surface area contributed by atoms with Gasteiger partial charge in [-0.2, -0.15) is 0 Å². The summed E-state index contributed by atoms with van der Waals surface area (Å²) < 4.78 is 49.9. The third-order valence-corrected chi connectivity index (χ3v) is 3.65. The largest absolute Gasteiger partial charge is 0.282 e. The summed E-state index contributed by atoms with van der Waals surface area (Å²) in [6.07, 6.45) is -7.81. The Morgan fingerprint density at radius 1 is 1.05 bits per heavy atom. The van der Waals surface area contributed by atoms with E-state index in [1.54, 1.807) is 30.3 Å². The van der Waals surface area contributed by atoms with Crippen LogP contribution in [-0.2, 0) is 0 Å². The standard InChI is InChI=1S/C14H16F4OS/c15-11(12(16)9-13(17)18)7-4-8-20-14(19)10-5-2-1-3-6-10/h1-3,5-6,11-13H,4,7-9H2. The molecule has 0 saturated heterocycles. The number of rotatable bonds is 8. The van der Waals surface area contributed by atoms with Crippen molar-refractivity contribution in [2.24, 2.45) is 0 Å². The van der Waals surface area contributed by atoms with Crippen LogP contribution >= 0.6 is 11.8 Å². The van der Waals surface area contributed by atoms with Crippen LogP contribution in [-0.4, -0.2) is 29.6 Å². The molecular weight excluding hydrogens is 292 g/mol. The van der Waals surface area contributed by atoms with Gasteiger partial charge in [0, 0.05) is 17.7 Å². The van der Waals surface area contributed by atoms with Gasteiger partial charge in [0.25, 0.3) is 0 Å². The zero-order valence-electron chi connectivity index (χ0n) is 10.8.